The van der Waals surface area contributed by atoms with E-state index in [1.165, 1.54) is 18.4 Å². The van der Waals surface area contributed by atoms with E-state index in [4.69, 9.17) is 16.3 Å². The quantitative estimate of drug-likeness (QED) is 0.870. The molecule has 0 radical (unpaired) electrons. The zero-order valence-electron chi connectivity index (χ0n) is 10.7. The Morgan fingerprint density at radius 1 is 1.47 bits per heavy atom. The number of likely N-dealkylation sites (N-methyl/N-ethyl adjacent to an activating group) is 1. The first-order valence-corrected chi connectivity index (χ1v) is 6.46. The van der Waals surface area contributed by atoms with Crippen LogP contribution in [0, 0.1) is 5.41 Å². The summed E-state index contributed by atoms with van der Waals surface area (Å²) in [5.74, 6) is 0.930. The molecule has 1 aliphatic carbocycles. The minimum atomic E-state index is 0.447. The molecule has 0 heterocycles. The van der Waals surface area contributed by atoms with Crippen LogP contribution < -0.4 is 10.1 Å². The summed E-state index contributed by atoms with van der Waals surface area (Å²) in [6, 6.07) is 6.32. The summed E-state index contributed by atoms with van der Waals surface area (Å²) in [6.45, 7) is 2.34. The Bertz CT molecular complexity index is 401. The predicted molar refractivity (Wildman–Crippen MR) is 71.9 cm³/mol. The van der Waals surface area contributed by atoms with Gasteiger partial charge in [-0.15, -0.1) is 0 Å². The first-order valence-electron chi connectivity index (χ1n) is 6.09. The number of hydrogen-bond donors (Lipinski definition) is 1. The van der Waals surface area contributed by atoms with Crippen LogP contribution in [0.4, 0.5) is 0 Å². The first kappa shape index (κ1) is 12.7. The van der Waals surface area contributed by atoms with E-state index < -0.39 is 0 Å². The molecule has 0 bridgehead atoms. The molecular formula is C14H20ClNO. The Labute approximate surface area is 108 Å². The third kappa shape index (κ3) is 2.75. The second-order valence-corrected chi connectivity index (χ2v) is 5.59. The van der Waals surface area contributed by atoms with Crippen molar-refractivity contribution in [2.75, 3.05) is 14.2 Å². The van der Waals surface area contributed by atoms with Crippen molar-refractivity contribution in [3.63, 3.8) is 0 Å². The summed E-state index contributed by atoms with van der Waals surface area (Å²) in [6.07, 6.45) is 3.58. The van der Waals surface area contributed by atoms with Gasteiger partial charge in [-0.05, 0) is 55.5 Å². The summed E-state index contributed by atoms with van der Waals surface area (Å²) >= 11 is 6.05. The average molecular weight is 254 g/mol. The van der Waals surface area contributed by atoms with E-state index in [2.05, 4.69) is 12.2 Å². The van der Waals surface area contributed by atoms with Crippen LogP contribution >= 0.6 is 11.6 Å². The topological polar surface area (TPSA) is 21.3 Å². The Kier molecular flexibility index (Phi) is 3.64. The fourth-order valence-corrected chi connectivity index (χ4v) is 2.56. The van der Waals surface area contributed by atoms with Crippen LogP contribution in [0.3, 0.4) is 0 Å². The zero-order valence-corrected chi connectivity index (χ0v) is 11.5. The Morgan fingerprint density at radius 2 is 2.18 bits per heavy atom. The van der Waals surface area contributed by atoms with Gasteiger partial charge in [0.2, 0.25) is 0 Å². The van der Waals surface area contributed by atoms with Crippen molar-refractivity contribution in [3.05, 3.63) is 28.8 Å². The third-order valence-electron chi connectivity index (χ3n) is 3.89. The van der Waals surface area contributed by atoms with Gasteiger partial charge in [-0.1, -0.05) is 18.5 Å². The van der Waals surface area contributed by atoms with Crippen LogP contribution in [-0.2, 0) is 6.42 Å². The fourth-order valence-electron chi connectivity index (χ4n) is 2.37. The van der Waals surface area contributed by atoms with Gasteiger partial charge in [-0.25, -0.2) is 0 Å². The molecule has 0 saturated heterocycles. The van der Waals surface area contributed by atoms with Crippen molar-refractivity contribution in [2.45, 2.75) is 32.2 Å². The standard InChI is InChI=1S/C14H20ClNO/c1-14(6-7-14)13(16-2)9-10-8-11(15)4-5-12(10)17-3/h4-5,8,13,16H,6-7,9H2,1-3H3. The number of benzene rings is 1. The summed E-state index contributed by atoms with van der Waals surface area (Å²) in [4.78, 5) is 0. The minimum absolute atomic E-state index is 0.447. The van der Waals surface area contributed by atoms with Crippen molar-refractivity contribution in [1.82, 2.24) is 5.32 Å². The number of ether oxygens (including phenoxy) is 1. The molecule has 1 aromatic carbocycles. The average Bonchev–Trinajstić information content (AvgIpc) is 3.05. The smallest absolute Gasteiger partial charge is 0.122 e. The van der Waals surface area contributed by atoms with Crippen molar-refractivity contribution in [3.8, 4) is 5.75 Å². The van der Waals surface area contributed by atoms with E-state index in [0.717, 1.165) is 17.2 Å². The number of nitrogens with one attached hydrogen (secondary N) is 1. The second kappa shape index (κ2) is 4.87. The molecule has 0 amide bonds. The molecule has 1 aliphatic rings. The van der Waals surface area contributed by atoms with Gasteiger partial charge in [-0.2, -0.15) is 0 Å². The van der Waals surface area contributed by atoms with E-state index in [1.807, 2.05) is 25.2 Å². The number of hydrogen-bond acceptors (Lipinski definition) is 2. The van der Waals surface area contributed by atoms with E-state index in [-0.39, 0.29) is 0 Å². The molecule has 1 saturated carbocycles. The lowest BCUT2D eigenvalue weighted by Crippen LogP contribution is -2.35. The van der Waals surface area contributed by atoms with Crippen molar-refractivity contribution in [1.29, 1.82) is 0 Å². The van der Waals surface area contributed by atoms with Crippen LogP contribution in [-0.4, -0.2) is 20.2 Å². The molecule has 3 heteroatoms. The normalized spacial score (nSPS) is 18.8. The maximum atomic E-state index is 6.05. The Hall–Kier alpha value is -0.730. The largest absolute Gasteiger partial charge is 0.496 e. The molecule has 0 aliphatic heterocycles. The van der Waals surface area contributed by atoms with Crippen molar-refractivity contribution < 1.29 is 4.74 Å². The number of rotatable bonds is 5. The molecule has 1 atom stereocenters. The minimum Gasteiger partial charge on any atom is -0.496 e. The van der Waals surface area contributed by atoms with Crippen LogP contribution in [0.15, 0.2) is 18.2 Å². The molecule has 2 nitrogen and oxygen atoms in total. The highest BCUT2D eigenvalue weighted by atomic mass is 35.5. The predicted octanol–water partition coefficient (Wildman–Crippen LogP) is 3.28. The molecule has 1 fully saturated rings. The van der Waals surface area contributed by atoms with Gasteiger partial charge in [0.05, 0.1) is 7.11 Å². The van der Waals surface area contributed by atoms with Crippen LogP contribution in [0.1, 0.15) is 25.3 Å². The highest BCUT2D eigenvalue weighted by Gasteiger charge is 2.44. The molecule has 2 rings (SSSR count). The van der Waals surface area contributed by atoms with Crippen LogP contribution in [0.2, 0.25) is 5.02 Å². The summed E-state index contributed by atoms with van der Waals surface area (Å²) < 4.78 is 5.39. The lowest BCUT2D eigenvalue weighted by atomic mass is 9.92. The van der Waals surface area contributed by atoms with Crippen molar-refractivity contribution in [2.24, 2.45) is 5.41 Å². The monoisotopic (exact) mass is 253 g/mol. The molecular weight excluding hydrogens is 234 g/mol. The summed E-state index contributed by atoms with van der Waals surface area (Å²) in [5.41, 5.74) is 1.63. The molecule has 1 unspecified atom stereocenters. The summed E-state index contributed by atoms with van der Waals surface area (Å²) in [7, 11) is 3.74. The SMILES string of the molecule is CNC(Cc1cc(Cl)ccc1OC)C1(C)CC1. The van der Waals surface area contributed by atoms with E-state index >= 15 is 0 Å². The number of methoxy groups -OCH3 is 1. The summed E-state index contributed by atoms with van der Waals surface area (Å²) in [5, 5.41) is 4.20. The molecule has 17 heavy (non-hydrogen) atoms. The van der Waals surface area contributed by atoms with Gasteiger partial charge in [0.25, 0.3) is 0 Å². The van der Waals surface area contributed by atoms with Gasteiger partial charge < -0.3 is 10.1 Å². The van der Waals surface area contributed by atoms with Gasteiger partial charge in [0.15, 0.2) is 0 Å². The van der Waals surface area contributed by atoms with E-state index in [1.54, 1.807) is 7.11 Å². The van der Waals surface area contributed by atoms with Gasteiger partial charge in [0.1, 0.15) is 5.75 Å². The highest BCUT2D eigenvalue weighted by molar-refractivity contribution is 6.30. The maximum Gasteiger partial charge on any atom is 0.122 e. The lowest BCUT2D eigenvalue weighted by molar-refractivity contribution is 0.364. The number of halogens is 1. The Morgan fingerprint density at radius 3 is 2.71 bits per heavy atom. The van der Waals surface area contributed by atoms with Gasteiger partial charge in [0, 0.05) is 11.1 Å². The maximum absolute atomic E-state index is 6.05. The van der Waals surface area contributed by atoms with Crippen LogP contribution in [0.25, 0.3) is 0 Å². The van der Waals surface area contributed by atoms with Crippen LogP contribution in [0.5, 0.6) is 5.75 Å². The molecule has 1 N–H and O–H groups in total. The second-order valence-electron chi connectivity index (χ2n) is 5.16. The van der Waals surface area contributed by atoms with Gasteiger partial charge in [-0.3, -0.25) is 0 Å². The highest BCUT2D eigenvalue weighted by Crippen LogP contribution is 2.49. The molecule has 0 aromatic heterocycles. The lowest BCUT2D eigenvalue weighted by Gasteiger charge is -2.24. The van der Waals surface area contributed by atoms with E-state index in [9.17, 15) is 0 Å². The fraction of sp³-hybridized carbons (Fsp3) is 0.571. The Balaban J connectivity index is 2.18. The molecule has 94 valence electrons. The van der Waals surface area contributed by atoms with Crippen molar-refractivity contribution >= 4 is 11.6 Å². The molecule has 1 aromatic rings. The van der Waals surface area contributed by atoms with Gasteiger partial charge >= 0.3 is 0 Å². The first-order chi connectivity index (χ1) is 8.09. The zero-order chi connectivity index (χ0) is 12.5. The van der Waals surface area contributed by atoms with E-state index in [0.29, 0.717) is 11.5 Å². The third-order valence-corrected chi connectivity index (χ3v) is 4.13. The molecule has 0 spiro atoms.